The van der Waals surface area contributed by atoms with Gasteiger partial charge in [0, 0.05) is 30.4 Å². The van der Waals surface area contributed by atoms with E-state index in [9.17, 15) is 13.2 Å². The van der Waals surface area contributed by atoms with Crippen molar-refractivity contribution in [3.8, 4) is 11.1 Å². The molecule has 3 heterocycles. The number of pyridine rings is 1. The highest BCUT2D eigenvalue weighted by molar-refractivity contribution is 7.90. The summed E-state index contributed by atoms with van der Waals surface area (Å²) in [7, 11) is -3.45. The van der Waals surface area contributed by atoms with Gasteiger partial charge in [0.25, 0.3) is 0 Å². The number of hydrogen-bond donors (Lipinski definition) is 0. The molecule has 0 atom stereocenters. The lowest BCUT2D eigenvalue weighted by atomic mass is 9.85. The molecule has 0 saturated carbocycles. The Hall–Kier alpha value is -3.13. The molecule has 0 bridgehead atoms. The number of benzene rings is 1. The molecule has 1 aliphatic heterocycles. The highest BCUT2D eigenvalue weighted by atomic mass is 32.2. The van der Waals surface area contributed by atoms with E-state index in [0.717, 1.165) is 22.9 Å². The number of anilines is 2. The number of rotatable bonds is 3. The van der Waals surface area contributed by atoms with Crippen molar-refractivity contribution in [2.75, 3.05) is 11.2 Å². The lowest BCUT2D eigenvalue weighted by Gasteiger charge is -2.20. The van der Waals surface area contributed by atoms with Crippen LogP contribution in [0.5, 0.6) is 0 Å². The summed E-state index contributed by atoms with van der Waals surface area (Å²) in [5, 5.41) is 0. The standard InChI is InChI=1S/C21H20N4O3S/c1-13-23-9-15(10-24-13)14-5-6-18-19(7-14)25(20(26)21(18,2)3)16-8-17(12-22-11-16)29(4,27)28/h5-12H,1-4H3. The quantitative estimate of drug-likeness (QED) is 0.661. The van der Waals surface area contributed by atoms with Crippen molar-refractivity contribution < 1.29 is 13.2 Å². The van der Waals surface area contributed by atoms with Crippen molar-refractivity contribution in [2.24, 2.45) is 0 Å². The third-order valence-electron chi connectivity index (χ3n) is 5.15. The zero-order valence-electron chi connectivity index (χ0n) is 16.5. The summed E-state index contributed by atoms with van der Waals surface area (Å²) in [6.07, 6.45) is 7.38. The van der Waals surface area contributed by atoms with Crippen molar-refractivity contribution in [3.05, 3.63) is 60.4 Å². The fraction of sp³-hybridized carbons (Fsp3) is 0.238. The Labute approximate surface area is 169 Å². The summed E-state index contributed by atoms with van der Waals surface area (Å²) in [4.78, 5) is 27.4. The molecule has 0 aliphatic carbocycles. The van der Waals surface area contributed by atoms with Gasteiger partial charge in [0.1, 0.15) is 5.82 Å². The molecule has 0 spiro atoms. The predicted molar refractivity (Wildman–Crippen MR) is 110 cm³/mol. The minimum Gasteiger partial charge on any atom is -0.278 e. The van der Waals surface area contributed by atoms with Crippen LogP contribution in [0.25, 0.3) is 11.1 Å². The maximum atomic E-state index is 13.3. The van der Waals surface area contributed by atoms with Crippen LogP contribution in [0.4, 0.5) is 11.4 Å². The number of amides is 1. The number of carbonyl (C=O) groups is 1. The van der Waals surface area contributed by atoms with Crippen molar-refractivity contribution in [1.29, 1.82) is 0 Å². The molecule has 0 fully saturated rings. The predicted octanol–water partition coefficient (Wildman–Crippen LogP) is 3.21. The van der Waals surface area contributed by atoms with E-state index in [-0.39, 0.29) is 10.8 Å². The average molecular weight is 408 g/mol. The first-order valence-corrected chi connectivity index (χ1v) is 10.9. The van der Waals surface area contributed by atoms with Gasteiger partial charge >= 0.3 is 0 Å². The van der Waals surface area contributed by atoms with Crippen LogP contribution in [0.2, 0.25) is 0 Å². The number of fused-ring (bicyclic) bond motifs is 1. The van der Waals surface area contributed by atoms with Gasteiger partial charge < -0.3 is 0 Å². The van der Waals surface area contributed by atoms with Crippen molar-refractivity contribution >= 4 is 27.1 Å². The maximum Gasteiger partial charge on any atom is 0.241 e. The van der Waals surface area contributed by atoms with Gasteiger partial charge in [-0.1, -0.05) is 12.1 Å². The first-order chi connectivity index (χ1) is 13.6. The van der Waals surface area contributed by atoms with E-state index in [2.05, 4.69) is 15.0 Å². The molecule has 0 unspecified atom stereocenters. The largest absolute Gasteiger partial charge is 0.278 e. The highest BCUT2D eigenvalue weighted by Crippen LogP contribution is 2.46. The van der Waals surface area contributed by atoms with E-state index in [1.54, 1.807) is 12.4 Å². The molecular formula is C21H20N4O3S. The summed E-state index contributed by atoms with van der Waals surface area (Å²) in [5.74, 6) is 0.536. The van der Waals surface area contributed by atoms with Crippen LogP contribution in [0.15, 0.2) is 53.9 Å². The Morgan fingerprint density at radius 1 is 0.966 bits per heavy atom. The fourth-order valence-corrected chi connectivity index (χ4v) is 4.05. The van der Waals surface area contributed by atoms with Gasteiger partial charge in [0.05, 0.1) is 27.9 Å². The molecule has 148 valence electrons. The molecule has 0 N–H and O–H groups in total. The van der Waals surface area contributed by atoms with E-state index in [0.29, 0.717) is 17.2 Å². The second-order valence-corrected chi connectivity index (χ2v) is 9.68. The third-order valence-corrected chi connectivity index (χ3v) is 6.23. The van der Waals surface area contributed by atoms with Gasteiger partial charge in [-0.3, -0.25) is 14.7 Å². The number of carbonyl (C=O) groups excluding carboxylic acids is 1. The first kappa shape index (κ1) is 19.2. The molecule has 1 aromatic carbocycles. The van der Waals surface area contributed by atoms with Crippen molar-refractivity contribution in [2.45, 2.75) is 31.1 Å². The number of aryl methyl sites for hydroxylation is 1. The molecule has 29 heavy (non-hydrogen) atoms. The number of nitrogens with zero attached hydrogens (tertiary/aromatic N) is 4. The molecule has 0 radical (unpaired) electrons. The minimum absolute atomic E-state index is 0.0668. The van der Waals surface area contributed by atoms with Gasteiger partial charge in [-0.05, 0) is 44.0 Å². The molecule has 1 aliphatic rings. The Morgan fingerprint density at radius 2 is 1.66 bits per heavy atom. The van der Waals surface area contributed by atoms with E-state index in [1.165, 1.54) is 23.4 Å². The van der Waals surface area contributed by atoms with E-state index >= 15 is 0 Å². The topological polar surface area (TPSA) is 93.1 Å². The summed E-state index contributed by atoms with van der Waals surface area (Å²) in [6.45, 7) is 5.53. The smallest absolute Gasteiger partial charge is 0.241 e. The molecule has 2 aromatic heterocycles. The Balaban J connectivity index is 1.89. The minimum atomic E-state index is -3.45. The number of hydrogen-bond acceptors (Lipinski definition) is 6. The number of sulfone groups is 1. The lowest BCUT2D eigenvalue weighted by molar-refractivity contribution is -0.121. The first-order valence-electron chi connectivity index (χ1n) is 9.02. The molecule has 8 heteroatoms. The van der Waals surface area contributed by atoms with Crippen LogP contribution in [0.1, 0.15) is 25.2 Å². The fourth-order valence-electron chi connectivity index (χ4n) is 3.46. The summed E-state index contributed by atoms with van der Waals surface area (Å²) < 4.78 is 23.9. The van der Waals surface area contributed by atoms with Crippen molar-refractivity contribution in [1.82, 2.24) is 15.0 Å². The zero-order valence-corrected chi connectivity index (χ0v) is 17.4. The number of aromatic nitrogens is 3. The molecule has 1 amide bonds. The Bertz CT molecular complexity index is 1240. The van der Waals surface area contributed by atoms with Gasteiger partial charge in [-0.25, -0.2) is 18.4 Å². The van der Waals surface area contributed by atoms with Crippen LogP contribution < -0.4 is 4.90 Å². The van der Waals surface area contributed by atoms with Gasteiger partial charge in [0.15, 0.2) is 9.84 Å². The SMILES string of the molecule is Cc1ncc(-c2ccc3c(c2)N(c2cncc(S(C)(=O)=O)c2)C(=O)C3(C)C)cn1. The monoisotopic (exact) mass is 408 g/mol. The molecule has 4 rings (SSSR count). The van der Waals surface area contributed by atoms with Crippen LogP contribution in [-0.4, -0.2) is 35.5 Å². The Kier molecular flexibility index (Phi) is 4.27. The summed E-state index contributed by atoms with van der Waals surface area (Å²) in [6, 6.07) is 7.25. The van der Waals surface area contributed by atoms with Gasteiger partial charge in [-0.15, -0.1) is 0 Å². The molecule has 7 nitrogen and oxygen atoms in total. The Morgan fingerprint density at radius 3 is 2.31 bits per heavy atom. The lowest BCUT2D eigenvalue weighted by Crippen LogP contribution is -2.33. The second-order valence-electron chi connectivity index (χ2n) is 7.67. The van der Waals surface area contributed by atoms with Crippen LogP contribution in [-0.2, 0) is 20.0 Å². The van der Waals surface area contributed by atoms with Crippen LogP contribution in [0, 0.1) is 6.92 Å². The molecule has 0 saturated heterocycles. The third kappa shape index (κ3) is 3.19. The molecular weight excluding hydrogens is 388 g/mol. The molecule has 3 aromatic rings. The maximum absolute atomic E-state index is 13.3. The second kappa shape index (κ2) is 6.45. The van der Waals surface area contributed by atoms with Crippen LogP contribution in [0.3, 0.4) is 0 Å². The van der Waals surface area contributed by atoms with E-state index in [4.69, 9.17) is 0 Å². The highest BCUT2D eigenvalue weighted by Gasteiger charge is 2.44. The van der Waals surface area contributed by atoms with Gasteiger partial charge in [0.2, 0.25) is 5.91 Å². The van der Waals surface area contributed by atoms with Crippen molar-refractivity contribution in [3.63, 3.8) is 0 Å². The van der Waals surface area contributed by atoms with E-state index < -0.39 is 15.3 Å². The summed E-state index contributed by atoms with van der Waals surface area (Å²) >= 11 is 0. The normalized spacial score (nSPS) is 15.4. The summed E-state index contributed by atoms with van der Waals surface area (Å²) in [5.41, 5.74) is 2.93. The van der Waals surface area contributed by atoms with E-state index in [1.807, 2.05) is 39.0 Å². The van der Waals surface area contributed by atoms with Gasteiger partial charge in [-0.2, -0.15) is 0 Å². The van der Waals surface area contributed by atoms with Crippen LogP contribution >= 0.6 is 0 Å². The average Bonchev–Trinajstić information content (AvgIpc) is 2.87. The zero-order chi connectivity index (χ0) is 21.0.